The maximum Gasteiger partial charge on any atom is 0.266 e. The first kappa shape index (κ1) is 19.2. The second-order valence-electron chi connectivity index (χ2n) is 4.56. The predicted molar refractivity (Wildman–Crippen MR) is 96.7 cm³/mol. The van der Waals surface area contributed by atoms with E-state index in [9.17, 15) is 14.0 Å². The zero-order chi connectivity index (χ0) is 17.5. The van der Waals surface area contributed by atoms with Gasteiger partial charge in [-0.15, -0.1) is 11.3 Å². The summed E-state index contributed by atoms with van der Waals surface area (Å²) in [5.41, 5.74) is 0.561. The Kier molecular flexibility index (Phi) is 7.48. The largest absolute Gasteiger partial charge is 0.624 e. The van der Waals surface area contributed by atoms with E-state index >= 15 is 0 Å². The fourth-order valence-corrected chi connectivity index (χ4v) is 4.15. The molecular weight excluding hydrogens is 397 g/mol. The molecule has 128 valence electrons. The minimum absolute atomic E-state index is 0.0272. The van der Waals surface area contributed by atoms with Crippen molar-refractivity contribution < 1.29 is 13.5 Å². The Morgan fingerprint density at radius 1 is 1.33 bits per heavy atom. The van der Waals surface area contributed by atoms with Crippen LogP contribution in [0.5, 0.6) is 0 Å². The summed E-state index contributed by atoms with van der Waals surface area (Å²) in [6.07, 6.45) is 2.44. The lowest BCUT2D eigenvalue weighted by molar-refractivity contribution is -0.469. The van der Waals surface area contributed by atoms with Crippen molar-refractivity contribution in [2.24, 2.45) is 0 Å². The molecule has 0 N–H and O–H groups in total. The Bertz CT molecular complexity index is 741. The fourth-order valence-electron chi connectivity index (χ4n) is 1.74. The number of thiazole rings is 1. The van der Waals surface area contributed by atoms with E-state index in [1.807, 2.05) is 0 Å². The monoisotopic (exact) mass is 408 g/mol. The summed E-state index contributed by atoms with van der Waals surface area (Å²) >= 11 is 14.8. The molecule has 1 aromatic carbocycles. The summed E-state index contributed by atoms with van der Waals surface area (Å²) < 4.78 is 25.3. The van der Waals surface area contributed by atoms with Gasteiger partial charge in [0.05, 0.1) is 21.8 Å². The molecule has 0 unspecified atom stereocenters. The molecule has 24 heavy (non-hydrogen) atoms. The maximum atomic E-state index is 12.1. The van der Waals surface area contributed by atoms with Crippen LogP contribution in [0.3, 0.4) is 0 Å². The van der Waals surface area contributed by atoms with Gasteiger partial charge in [0.15, 0.2) is 17.1 Å². The van der Waals surface area contributed by atoms with Crippen molar-refractivity contribution in [1.29, 1.82) is 0 Å². The van der Waals surface area contributed by atoms with E-state index in [-0.39, 0.29) is 13.0 Å². The van der Waals surface area contributed by atoms with Crippen molar-refractivity contribution in [2.45, 2.75) is 17.3 Å². The van der Waals surface area contributed by atoms with Crippen molar-refractivity contribution >= 4 is 52.5 Å². The molecule has 0 aliphatic heterocycles. The first-order valence-electron chi connectivity index (χ1n) is 6.77. The van der Waals surface area contributed by atoms with Gasteiger partial charge in [-0.25, -0.2) is 9.72 Å². The molecule has 2 aromatic rings. The molecule has 2 rings (SSSR count). The van der Waals surface area contributed by atoms with E-state index < -0.39 is 6.08 Å². The van der Waals surface area contributed by atoms with Gasteiger partial charge in [-0.3, -0.25) is 0 Å². The van der Waals surface area contributed by atoms with Crippen LogP contribution in [0.15, 0.2) is 40.9 Å². The van der Waals surface area contributed by atoms with Crippen LogP contribution in [0, 0.1) is 5.21 Å². The van der Waals surface area contributed by atoms with Gasteiger partial charge < -0.3 is 5.21 Å². The number of hydroxylamine groups is 1. The number of allylic oxidation sites excluding steroid dienone is 1. The van der Waals surface area contributed by atoms with Gasteiger partial charge >= 0.3 is 0 Å². The fraction of sp³-hybridized carbons (Fsp3) is 0.200. The summed E-state index contributed by atoms with van der Waals surface area (Å²) in [4.78, 5) is 4.82. The average Bonchev–Trinajstić information content (AvgIpc) is 2.95. The average molecular weight is 409 g/mol. The summed E-state index contributed by atoms with van der Waals surface area (Å²) in [6, 6.07) is 5.06. The molecule has 0 saturated carbocycles. The molecule has 9 heteroatoms. The highest BCUT2D eigenvalue weighted by molar-refractivity contribution is 8.01. The van der Waals surface area contributed by atoms with Crippen LogP contribution in [-0.2, 0) is 6.54 Å². The van der Waals surface area contributed by atoms with Crippen LogP contribution in [-0.4, -0.2) is 21.7 Å². The van der Waals surface area contributed by atoms with E-state index in [0.717, 1.165) is 15.2 Å². The van der Waals surface area contributed by atoms with Crippen molar-refractivity contribution in [3.05, 3.63) is 62.2 Å². The third kappa shape index (κ3) is 6.05. The van der Waals surface area contributed by atoms with Gasteiger partial charge in [0, 0.05) is 5.75 Å². The van der Waals surface area contributed by atoms with E-state index in [1.54, 1.807) is 24.4 Å². The van der Waals surface area contributed by atoms with Gasteiger partial charge in [0.25, 0.3) is 6.08 Å². The Labute approximate surface area is 156 Å². The van der Waals surface area contributed by atoms with Crippen LogP contribution < -0.4 is 0 Å². The van der Waals surface area contributed by atoms with Gasteiger partial charge in [0.1, 0.15) is 4.88 Å². The molecule has 0 bridgehead atoms. The second kappa shape index (κ2) is 9.36. The van der Waals surface area contributed by atoms with Crippen molar-refractivity contribution in [3.63, 3.8) is 0 Å². The minimum atomic E-state index is -1.68. The molecule has 0 saturated heterocycles. The summed E-state index contributed by atoms with van der Waals surface area (Å²) in [7, 11) is 0. The lowest BCUT2D eigenvalue weighted by Gasteiger charge is -2.07. The van der Waals surface area contributed by atoms with Crippen LogP contribution in [0.1, 0.15) is 16.9 Å². The van der Waals surface area contributed by atoms with Crippen molar-refractivity contribution in [2.75, 3.05) is 5.75 Å². The third-order valence-corrected chi connectivity index (χ3v) is 5.62. The van der Waals surface area contributed by atoms with Gasteiger partial charge in [0.2, 0.25) is 0 Å². The molecule has 0 aliphatic rings. The number of hydrogen-bond acceptors (Lipinski definition) is 4. The van der Waals surface area contributed by atoms with E-state index in [0.29, 0.717) is 26.2 Å². The smallest absolute Gasteiger partial charge is 0.266 e. The maximum absolute atomic E-state index is 12.1. The van der Waals surface area contributed by atoms with Gasteiger partial charge in [-0.2, -0.15) is 8.78 Å². The molecule has 0 radical (unpaired) electrons. The lowest BCUT2D eigenvalue weighted by Crippen LogP contribution is -2.06. The highest BCUT2D eigenvalue weighted by atomic mass is 35.5. The first-order valence-corrected chi connectivity index (χ1v) is 9.33. The molecule has 0 atom stereocenters. The van der Waals surface area contributed by atoms with Crippen LogP contribution in [0.25, 0.3) is 0 Å². The number of halogens is 4. The molecule has 0 aliphatic carbocycles. The number of aromatic nitrogens is 1. The SMILES string of the molecule is [O-]/[N+](=C\c1cnc(SCCC=C(F)F)s1)Cc1c(Cl)cccc1Cl. The minimum Gasteiger partial charge on any atom is -0.624 e. The van der Waals surface area contributed by atoms with E-state index in [2.05, 4.69) is 4.98 Å². The Morgan fingerprint density at radius 2 is 2.04 bits per heavy atom. The molecule has 0 amide bonds. The van der Waals surface area contributed by atoms with Crippen LogP contribution >= 0.6 is 46.3 Å². The lowest BCUT2D eigenvalue weighted by atomic mass is 10.2. The Balaban J connectivity index is 1.97. The van der Waals surface area contributed by atoms with Crippen LogP contribution in [0.4, 0.5) is 8.78 Å². The Morgan fingerprint density at radius 3 is 2.71 bits per heavy atom. The van der Waals surface area contributed by atoms with Crippen molar-refractivity contribution in [1.82, 2.24) is 4.98 Å². The van der Waals surface area contributed by atoms with Crippen LogP contribution in [0.2, 0.25) is 10.0 Å². The summed E-state index contributed by atoms with van der Waals surface area (Å²) in [6.45, 7) is 0.0272. The number of benzene rings is 1. The summed E-state index contributed by atoms with van der Waals surface area (Å²) in [5, 5.41) is 12.9. The number of nitrogens with zero attached hydrogens (tertiary/aromatic N) is 2. The predicted octanol–water partition coefficient (Wildman–Crippen LogP) is 5.84. The van der Waals surface area contributed by atoms with E-state index in [4.69, 9.17) is 23.2 Å². The molecule has 0 fully saturated rings. The Hall–Kier alpha value is -1.15. The molecule has 3 nitrogen and oxygen atoms in total. The standard InChI is InChI=1S/C15H12Cl2F2N2OS2/c16-12-3-1-4-13(17)11(12)9-21(22)8-10-7-20-15(24-10)23-6-2-5-14(18)19/h1,3-5,7-8H,2,6,9H2/b21-8-. The van der Waals surface area contributed by atoms with Crippen molar-refractivity contribution in [3.8, 4) is 0 Å². The number of hydrogen-bond donors (Lipinski definition) is 0. The summed E-state index contributed by atoms with van der Waals surface area (Å²) in [5.74, 6) is 0.501. The topological polar surface area (TPSA) is 39.0 Å². The highest BCUT2D eigenvalue weighted by Gasteiger charge is 2.10. The van der Waals surface area contributed by atoms with Gasteiger partial charge in [-0.1, -0.05) is 41.0 Å². The highest BCUT2D eigenvalue weighted by Crippen LogP contribution is 2.26. The zero-order valence-corrected chi connectivity index (χ0v) is 15.4. The second-order valence-corrected chi connectivity index (χ2v) is 7.78. The molecule has 1 heterocycles. The molecular formula is C15H12Cl2F2N2OS2. The third-order valence-electron chi connectivity index (χ3n) is 2.79. The normalized spacial score (nSPS) is 11.6. The quantitative estimate of drug-likeness (QED) is 0.144. The van der Waals surface area contributed by atoms with E-state index in [1.165, 1.54) is 29.3 Å². The molecule has 1 aromatic heterocycles. The number of thioether (sulfide) groups is 1. The zero-order valence-electron chi connectivity index (χ0n) is 12.2. The number of rotatable bonds is 7. The molecule has 0 spiro atoms. The first-order chi connectivity index (χ1) is 11.5. The van der Waals surface area contributed by atoms with Gasteiger partial charge in [-0.05, 0) is 24.6 Å².